The summed E-state index contributed by atoms with van der Waals surface area (Å²) >= 11 is 0. The molecule has 0 amide bonds. The van der Waals surface area contributed by atoms with E-state index in [0.717, 1.165) is 5.52 Å². The number of hydrogen-bond donors (Lipinski definition) is 0. The molecule has 0 saturated carbocycles. The van der Waals surface area contributed by atoms with Gasteiger partial charge in [-0.2, -0.15) is 0 Å². The third kappa shape index (κ3) is 12.6. The molecular weight excluding hydrogens is 356 g/mol. The largest absolute Gasteiger partial charge is 0.312 e. The summed E-state index contributed by atoms with van der Waals surface area (Å²) in [7, 11) is 5.39. The molecule has 1 aromatic heterocycles. The average molecular weight is 401 g/mol. The van der Waals surface area contributed by atoms with Crippen LogP contribution in [0.3, 0.4) is 0 Å². The maximum Gasteiger partial charge on any atom is 0.0780 e. The predicted molar refractivity (Wildman–Crippen MR) is 136 cm³/mol. The average Bonchev–Trinajstić information content (AvgIpc) is 2.64. The molecule has 28 heavy (non-hydrogen) atoms. The van der Waals surface area contributed by atoms with Gasteiger partial charge in [-0.15, -0.1) is 0 Å². The zero-order valence-electron chi connectivity index (χ0n) is 20.5. The van der Waals surface area contributed by atoms with Gasteiger partial charge in [0.15, 0.2) is 0 Å². The molecule has 0 aliphatic carbocycles. The summed E-state index contributed by atoms with van der Waals surface area (Å²) in [6.07, 6.45) is 1.85. The Hall–Kier alpha value is -1.71. The molecule has 0 aliphatic rings. The molecule has 0 atom stereocenters. The first-order valence-electron chi connectivity index (χ1n) is 10.4. The Kier molecular flexibility index (Phi) is 15.5. The molecule has 3 aromatic rings. The van der Waals surface area contributed by atoms with Crippen molar-refractivity contribution in [2.24, 2.45) is 0 Å². The van der Waals surface area contributed by atoms with Crippen molar-refractivity contribution < 1.29 is 0 Å². The molecule has 0 fully saturated rings. The number of nitrogens with zero attached hydrogens (tertiary/aromatic N) is 2. The van der Waals surface area contributed by atoms with E-state index < -0.39 is 8.07 Å². The molecule has 1 heterocycles. The van der Waals surface area contributed by atoms with Crippen molar-refractivity contribution in [2.45, 2.75) is 60.8 Å². The second-order valence-corrected chi connectivity index (χ2v) is 14.2. The standard InChI is InChI=1S/C14H11N.C4H12Si.C3H9N.2C2H6/c1-10-9-11-5-4-8-15-14(11)13-7-3-2-6-12(10)13;1-5(2,3)4;1-4(2)3;2*1-2/h2-9H,1H3;1-4H3;1-3H3;2*1-2H3. The summed E-state index contributed by atoms with van der Waals surface area (Å²) in [5.74, 6) is 0. The van der Waals surface area contributed by atoms with Crippen LogP contribution in [-0.2, 0) is 0 Å². The van der Waals surface area contributed by atoms with Crippen molar-refractivity contribution in [3.8, 4) is 0 Å². The quantitative estimate of drug-likeness (QED) is 0.282. The summed E-state index contributed by atoms with van der Waals surface area (Å²) in [6, 6.07) is 14.7. The van der Waals surface area contributed by atoms with Gasteiger partial charge in [-0.1, -0.05) is 84.2 Å². The van der Waals surface area contributed by atoms with Crippen LogP contribution in [0.15, 0.2) is 48.7 Å². The lowest BCUT2D eigenvalue weighted by Crippen LogP contribution is -2.10. The molecule has 0 aliphatic heterocycles. The van der Waals surface area contributed by atoms with E-state index in [2.05, 4.69) is 74.5 Å². The second-order valence-electron chi connectivity index (χ2n) is 8.16. The van der Waals surface area contributed by atoms with Crippen LogP contribution in [0.2, 0.25) is 26.2 Å². The number of hydrogen-bond acceptors (Lipinski definition) is 2. The molecule has 0 radical (unpaired) electrons. The molecule has 3 heteroatoms. The van der Waals surface area contributed by atoms with Gasteiger partial charge in [0.1, 0.15) is 0 Å². The Balaban J connectivity index is 0. The Morgan fingerprint density at radius 3 is 1.64 bits per heavy atom. The second kappa shape index (κ2) is 15.2. The first kappa shape index (κ1) is 28.5. The molecule has 3 rings (SSSR count). The van der Waals surface area contributed by atoms with E-state index in [1.54, 1.807) is 0 Å². The molecule has 0 spiro atoms. The van der Waals surface area contributed by atoms with Crippen molar-refractivity contribution in [2.75, 3.05) is 21.1 Å². The van der Waals surface area contributed by atoms with Crippen molar-refractivity contribution in [3.05, 3.63) is 54.2 Å². The smallest absolute Gasteiger partial charge is 0.0780 e. The molecule has 0 unspecified atom stereocenters. The van der Waals surface area contributed by atoms with Gasteiger partial charge < -0.3 is 4.90 Å². The van der Waals surface area contributed by atoms with Crippen molar-refractivity contribution >= 4 is 29.7 Å². The fraction of sp³-hybridized carbons (Fsp3) is 0.480. The Morgan fingerprint density at radius 1 is 0.750 bits per heavy atom. The van der Waals surface area contributed by atoms with Crippen molar-refractivity contribution in [1.82, 2.24) is 9.88 Å². The maximum atomic E-state index is 4.45. The fourth-order valence-corrected chi connectivity index (χ4v) is 2.10. The third-order valence-corrected chi connectivity index (χ3v) is 2.82. The highest BCUT2D eigenvalue weighted by Crippen LogP contribution is 2.26. The first-order chi connectivity index (χ1) is 13.1. The summed E-state index contributed by atoms with van der Waals surface area (Å²) in [6.45, 7) is 19.5. The Morgan fingerprint density at radius 2 is 1.18 bits per heavy atom. The van der Waals surface area contributed by atoms with E-state index in [4.69, 9.17) is 0 Å². The normalized spacial score (nSPS) is 9.75. The van der Waals surface area contributed by atoms with Crippen LogP contribution in [0.5, 0.6) is 0 Å². The Labute approximate surface area is 176 Å². The minimum atomic E-state index is -0.611. The lowest BCUT2D eigenvalue weighted by molar-refractivity contribution is 0.505. The highest BCUT2D eigenvalue weighted by Gasteiger charge is 2.02. The van der Waals surface area contributed by atoms with E-state index in [1.165, 1.54) is 21.7 Å². The van der Waals surface area contributed by atoms with Crippen LogP contribution in [-0.4, -0.2) is 39.1 Å². The van der Waals surface area contributed by atoms with Gasteiger partial charge in [-0.3, -0.25) is 4.98 Å². The predicted octanol–water partition coefficient (Wildman–Crippen LogP) is 7.88. The van der Waals surface area contributed by atoms with Crippen molar-refractivity contribution in [3.63, 3.8) is 0 Å². The molecule has 2 nitrogen and oxygen atoms in total. The van der Waals surface area contributed by atoms with Gasteiger partial charge >= 0.3 is 0 Å². The minimum absolute atomic E-state index is 0.611. The van der Waals surface area contributed by atoms with E-state index in [-0.39, 0.29) is 0 Å². The van der Waals surface area contributed by atoms with Crippen LogP contribution in [0.4, 0.5) is 0 Å². The van der Waals surface area contributed by atoms with Crippen LogP contribution in [0, 0.1) is 6.92 Å². The van der Waals surface area contributed by atoms with Crippen LogP contribution < -0.4 is 0 Å². The van der Waals surface area contributed by atoms with Gasteiger partial charge in [0, 0.05) is 25.0 Å². The number of fused-ring (bicyclic) bond motifs is 3. The summed E-state index contributed by atoms with van der Waals surface area (Å²) in [5.41, 5.74) is 2.41. The highest BCUT2D eigenvalue weighted by molar-refractivity contribution is 6.74. The molecule has 0 N–H and O–H groups in total. The maximum absolute atomic E-state index is 4.45. The lowest BCUT2D eigenvalue weighted by Gasteiger charge is -2.05. The minimum Gasteiger partial charge on any atom is -0.312 e. The number of pyridine rings is 1. The zero-order valence-corrected chi connectivity index (χ0v) is 21.5. The van der Waals surface area contributed by atoms with E-state index in [1.807, 2.05) is 66.0 Å². The highest BCUT2D eigenvalue weighted by atomic mass is 28.3. The van der Waals surface area contributed by atoms with Crippen LogP contribution in [0.1, 0.15) is 33.3 Å². The lowest BCUT2D eigenvalue weighted by atomic mass is 10.0. The zero-order chi connectivity index (χ0) is 22.3. The SMILES string of the molecule is CC.CC.CN(C)C.C[Si](C)(C)C.Cc1cc2cccnc2c2ccccc12. The van der Waals surface area contributed by atoms with E-state index in [0.29, 0.717) is 0 Å². The van der Waals surface area contributed by atoms with Gasteiger partial charge in [-0.25, -0.2) is 0 Å². The van der Waals surface area contributed by atoms with Gasteiger partial charge in [-0.05, 0) is 51.1 Å². The fourth-order valence-electron chi connectivity index (χ4n) is 2.10. The number of rotatable bonds is 0. The molecule has 158 valence electrons. The Bertz CT molecular complexity index is 765. The molecule has 0 bridgehead atoms. The van der Waals surface area contributed by atoms with Crippen LogP contribution >= 0.6 is 0 Å². The van der Waals surface area contributed by atoms with E-state index >= 15 is 0 Å². The van der Waals surface area contributed by atoms with Gasteiger partial charge in [0.25, 0.3) is 0 Å². The summed E-state index contributed by atoms with van der Waals surface area (Å²) in [5, 5.41) is 3.76. The number of aromatic nitrogens is 1. The molecular formula is C25H44N2Si. The summed E-state index contributed by atoms with van der Waals surface area (Å²) < 4.78 is 0. The van der Waals surface area contributed by atoms with Gasteiger partial charge in [0.05, 0.1) is 5.52 Å². The van der Waals surface area contributed by atoms with Gasteiger partial charge in [0.2, 0.25) is 0 Å². The third-order valence-electron chi connectivity index (χ3n) is 2.82. The monoisotopic (exact) mass is 400 g/mol. The summed E-state index contributed by atoms with van der Waals surface area (Å²) in [4.78, 5) is 6.45. The van der Waals surface area contributed by atoms with Crippen LogP contribution in [0.25, 0.3) is 21.7 Å². The topological polar surface area (TPSA) is 16.1 Å². The number of benzene rings is 2. The first-order valence-corrected chi connectivity index (χ1v) is 14.4. The van der Waals surface area contributed by atoms with Crippen molar-refractivity contribution in [1.29, 1.82) is 0 Å². The van der Waals surface area contributed by atoms with E-state index in [9.17, 15) is 0 Å². The molecule has 2 aromatic carbocycles. The molecule has 0 saturated heterocycles. The number of aryl methyl sites for hydroxylation is 1.